The number of hydrogen-bond acceptors (Lipinski definition) is 7. The first kappa shape index (κ1) is 17.1. The van der Waals surface area contributed by atoms with E-state index in [2.05, 4.69) is 25.1 Å². The lowest BCUT2D eigenvalue weighted by atomic mass is 10.3. The molecule has 0 saturated carbocycles. The molecular formula is C16H12N6O3S2. The van der Waals surface area contributed by atoms with Gasteiger partial charge in [-0.2, -0.15) is 5.10 Å². The first-order valence-electron chi connectivity index (χ1n) is 7.65. The van der Waals surface area contributed by atoms with Gasteiger partial charge in [0.05, 0.1) is 4.90 Å². The number of sulfonamides is 1. The van der Waals surface area contributed by atoms with Gasteiger partial charge >= 0.3 is 0 Å². The van der Waals surface area contributed by atoms with Crippen LogP contribution in [0.25, 0.3) is 5.65 Å². The van der Waals surface area contributed by atoms with Crippen molar-refractivity contribution in [2.75, 3.05) is 10.0 Å². The first-order chi connectivity index (χ1) is 13.0. The van der Waals surface area contributed by atoms with Crippen molar-refractivity contribution in [2.24, 2.45) is 0 Å². The van der Waals surface area contributed by atoms with E-state index in [1.54, 1.807) is 29.9 Å². The van der Waals surface area contributed by atoms with Crippen LogP contribution in [-0.4, -0.2) is 33.9 Å². The Hall–Kier alpha value is -3.31. The summed E-state index contributed by atoms with van der Waals surface area (Å²) in [4.78, 5) is 20.4. The number of nitrogens with zero attached hydrogens (tertiary/aromatic N) is 4. The van der Waals surface area contributed by atoms with Gasteiger partial charge in [0.25, 0.3) is 15.9 Å². The third kappa shape index (κ3) is 3.64. The molecule has 0 aliphatic carbocycles. The smallest absolute Gasteiger partial charge is 0.276 e. The van der Waals surface area contributed by atoms with E-state index in [0.717, 1.165) is 0 Å². The van der Waals surface area contributed by atoms with E-state index in [9.17, 15) is 13.2 Å². The standard InChI is InChI=1S/C16H12N6O3S2/c23-15(13-10-14-17-6-1-8-22(14)20-13)19-11-2-4-12(5-3-11)27(24,25)21-16-18-7-9-26-16/h1-10H,(H,18,21)(H,19,23). The fraction of sp³-hybridized carbons (Fsp3) is 0. The third-order valence-corrected chi connectivity index (χ3v) is 5.72. The Morgan fingerprint density at radius 1 is 1.11 bits per heavy atom. The number of amides is 1. The van der Waals surface area contributed by atoms with Crippen molar-refractivity contribution in [1.82, 2.24) is 19.6 Å². The largest absolute Gasteiger partial charge is 0.321 e. The zero-order valence-corrected chi connectivity index (χ0v) is 15.2. The maximum atomic E-state index is 12.3. The van der Waals surface area contributed by atoms with Crippen LogP contribution in [0.5, 0.6) is 0 Å². The van der Waals surface area contributed by atoms with Crippen LogP contribution in [-0.2, 0) is 10.0 Å². The molecule has 4 aromatic rings. The fourth-order valence-corrected chi connectivity index (χ4v) is 4.09. The lowest BCUT2D eigenvalue weighted by molar-refractivity contribution is 0.102. The number of nitrogens with one attached hydrogen (secondary N) is 2. The van der Waals surface area contributed by atoms with Crippen LogP contribution in [0.3, 0.4) is 0 Å². The monoisotopic (exact) mass is 400 g/mol. The molecule has 2 N–H and O–H groups in total. The van der Waals surface area contributed by atoms with Gasteiger partial charge in [0.2, 0.25) is 0 Å². The molecule has 3 heterocycles. The predicted molar refractivity (Wildman–Crippen MR) is 100 cm³/mol. The minimum Gasteiger partial charge on any atom is -0.321 e. The highest BCUT2D eigenvalue weighted by Gasteiger charge is 2.16. The molecule has 0 unspecified atom stereocenters. The highest BCUT2D eigenvalue weighted by molar-refractivity contribution is 7.93. The highest BCUT2D eigenvalue weighted by atomic mass is 32.2. The van der Waals surface area contributed by atoms with Gasteiger partial charge in [-0.1, -0.05) is 0 Å². The Balaban J connectivity index is 1.49. The summed E-state index contributed by atoms with van der Waals surface area (Å²) in [6, 6.07) is 9.07. The van der Waals surface area contributed by atoms with Crippen LogP contribution in [0.1, 0.15) is 10.5 Å². The Morgan fingerprint density at radius 3 is 2.63 bits per heavy atom. The molecular weight excluding hydrogens is 388 g/mol. The minimum atomic E-state index is -3.74. The molecule has 4 rings (SSSR count). The molecule has 1 amide bonds. The predicted octanol–water partition coefficient (Wildman–Crippen LogP) is 2.24. The normalized spacial score (nSPS) is 11.4. The van der Waals surface area contributed by atoms with Crippen LogP contribution in [0, 0.1) is 0 Å². The summed E-state index contributed by atoms with van der Waals surface area (Å²) < 4.78 is 28.5. The van der Waals surface area contributed by atoms with Crippen molar-refractivity contribution in [1.29, 1.82) is 0 Å². The summed E-state index contributed by atoms with van der Waals surface area (Å²) >= 11 is 1.18. The van der Waals surface area contributed by atoms with Gasteiger partial charge in [0.1, 0.15) is 0 Å². The van der Waals surface area contributed by atoms with Crippen LogP contribution >= 0.6 is 11.3 Å². The van der Waals surface area contributed by atoms with Crippen molar-refractivity contribution in [3.8, 4) is 0 Å². The Bertz CT molecular complexity index is 1170. The summed E-state index contributed by atoms with van der Waals surface area (Å²) in [7, 11) is -3.74. The van der Waals surface area contributed by atoms with Crippen molar-refractivity contribution >= 4 is 43.7 Å². The molecule has 0 aliphatic heterocycles. The summed E-state index contributed by atoms with van der Waals surface area (Å²) in [5.41, 5.74) is 1.20. The molecule has 0 spiro atoms. The Kier molecular flexibility index (Phi) is 4.30. The van der Waals surface area contributed by atoms with E-state index >= 15 is 0 Å². The maximum Gasteiger partial charge on any atom is 0.276 e. The zero-order chi connectivity index (χ0) is 18.9. The van der Waals surface area contributed by atoms with Crippen molar-refractivity contribution in [3.05, 3.63) is 66.1 Å². The number of rotatable bonds is 5. The van der Waals surface area contributed by atoms with E-state index in [4.69, 9.17) is 0 Å². The van der Waals surface area contributed by atoms with E-state index in [1.807, 2.05) is 0 Å². The first-order valence-corrected chi connectivity index (χ1v) is 10.0. The van der Waals surface area contributed by atoms with Gasteiger partial charge in [-0.05, 0) is 30.3 Å². The van der Waals surface area contributed by atoms with E-state index in [0.29, 0.717) is 11.3 Å². The lowest BCUT2D eigenvalue weighted by Crippen LogP contribution is -2.14. The average molecular weight is 400 g/mol. The van der Waals surface area contributed by atoms with E-state index in [-0.39, 0.29) is 15.7 Å². The molecule has 0 fully saturated rings. The van der Waals surface area contributed by atoms with Gasteiger partial charge in [-0.3, -0.25) is 9.52 Å². The van der Waals surface area contributed by atoms with E-state index in [1.165, 1.54) is 46.3 Å². The second-order valence-corrected chi connectivity index (χ2v) is 7.95. The number of fused-ring (bicyclic) bond motifs is 1. The van der Waals surface area contributed by atoms with Crippen molar-refractivity contribution in [3.63, 3.8) is 0 Å². The highest BCUT2D eigenvalue weighted by Crippen LogP contribution is 2.20. The molecule has 27 heavy (non-hydrogen) atoms. The number of anilines is 2. The molecule has 0 atom stereocenters. The molecule has 136 valence electrons. The number of hydrogen-bond donors (Lipinski definition) is 2. The topological polar surface area (TPSA) is 118 Å². The second-order valence-electron chi connectivity index (χ2n) is 5.37. The summed E-state index contributed by atoms with van der Waals surface area (Å²) in [5.74, 6) is -0.419. The van der Waals surface area contributed by atoms with Crippen LogP contribution in [0.4, 0.5) is 10.8 Å². The maximum absolute atomic E-state index is 12.3. The number of benzene rings is 1. The van der Waals surface area contributed by atoms with Crippen LogP contribution in [0.2, 0.25) is 0 Å². The quantitative estimate of drug-likeness (QED) is 0.530. The molecule has 11 heteroatoms. The molecule has 3 aromatic heterocycles. The van der Waals surface area contributed by atoms with E-state index < -0.39 is 15.9 Å². The van der Waals surface area contributed by atoms with Gasteiger partial charge in [-0.25, -0.2) is 22.9 Å². The van der Waals surface area contributed by atoms with Crippen molar-refractivity contribution < 1.29 is 13.2 Å². The molecule has 1 aromatic carbocycles. The average Bonchev–Trinajstić information content (AvgIpc) is 3.31. The van der Waals surface area contributed by atoms with Crippen LogP contribution < -0.4 is 10.0 Å². The Morgan fingerprint density at radius 2 is 1.93 bits per heavy atom. The van der Waals surface area contributed by atoms with Crippen LogP contribution in [0.15, 0.2) is 65.3 Å². The number of aromatic nitrogens is 4. The molecule has 0 saturated heterocycles. The van der Waals surface area contributed by atoms with Crippen molar-refractivity contribution in [2.45, 2.75) is 4.90 Å². The molecule has 0 bridgehead atoms. The number of carbonyl (C=O) groups excluding carboxylic acids is 1. The van der Waals surface area contributed by atoms with Gasteiger partial charge in [0, 0.05) is 35.7 Å². The van der Waals surface area contributed by atoms with Gasteiger partial charge in [0.15, 0.2) is 16.5 Å². The number of thiazole rings is 1. The summed E-state index contributed by atoms with van der Waals surface area (Å²) in [5, 5.41) is 8.77. The van der Waals surface area contributed by atoms with Gasteiger partial charge in [-0.15, -0.1) is 11.3 Å². The SMILES string of the molecule is O=C(Nc1ccc(S(=O)(=O)Nc2nccs2)cc1)c1cc2ncccn2n1. The Labute approximate surface area is 157 Å². The zero-order valence-electron chi connectivity index (χ0n) is 13.6. The number of carbonyl (C=O) groups is 1. The minimum absolute atomic E-state index is 0.0626. The van der Waals surface area contributed by atoms with Gasteiger partial charge < -0.3 is 5.32 Å². The molecule has 0 aliphatic rings. The summed E-state index contributed by atoms with van der Waals surface area (Å²) in [6.45, 7) is 0. The lowest BCUT2D eigenvalue weighted by Gasteiger charge is -2.07. The molecule has 9 nitrogen and oxygen atoms in total. The summed E-state index contributed by atoms with van der Waals surface area (Å²) in [6.07, 6.45) is 4.81. The fourth-order valence-electron chi connectivity index (χ4n) is 2.30. The third-order valence-electron chi connectivity index (χ3n) is 3.55. The second kappa shape index (κ2) is 6.78. The molecule has 0 radical (unpaired) electrons.